The SMILES string of the molecule is Cc1sc(NC(=O)c2cccc(CS(C)=O)c2)nc1-c1ccc(Br)cc1. The Morgan fingerprint density at radius 1 is 1.23 bits per heavy atom. The van der Waals surface area contributed by atoms with Gasteiger partial charge in [0.15, 0.2) is 5.13 Å². The number of carbonyl (C=O) groups excluding carboxylic acids is 1. The van der Waals surface area contributed by atoms with Crippen LogP contribution in [0.25, 0.3) is 11.3 Å². The highest BCUT2D eigenvalue weighted by Crippen LogP contribution is 2.31. The quantitative estimate of drug-likeness (QED) is 0.596. The number of nitrogens with zero attached hydrogens (tertiary/aromatic N) is 1. The highest BCUT2D eigenvalue weighted by molar-refractivity contribution is 9.10. The van der Waals surface area contributed by atoms with Crippen molar-refractivity contribution in [2.24, 2.45) is 0 Å². The molecule has 134 valence electrons. The van der Waals surface area contributed by atoms with Crippen LogP contribution in [0.5, 0.6) is 0 Å². The van der Waals surface area contributed by atoms with Gasteiger partial charge in [-0.1, -0.05) is 40.2 Å². The summed E-state index contributed by atoms with van der Waals surface area (Å²) in [4.78, 5) is 18.1. The first-order valence-corrected chi connectivity index (χ1v) is 11.2. The number of benzene rings is 2. The van der Waals surface area contributed by atoms with Gasteiger partial charge in [-0.05, 0) is 36.8 Å². The van der Waals surface area contributed by atoms with Gasteiger partial charge >= 0.3 is 0 Å². The van der Waals surface area contributed by atoms with Gasteiger partial charge in [-0.15, -0.1) is 11.3 Å². The van der Waals surface area contributed by atoms with Gasteiger partial charge in [0.25, 0.3) is 5.91 Å². The zero-order chi connectivity index (χ0) is 18.7. The highest BCUT2D eigenvalue weighted by Gasteiger charge is 2.13. The van der Waals surface area contributed by atoms with Gasteiger partial charge in [-0.3, -0.25) is 14.3 Å². The number of thiazole rings is 1. The number of amides is 1. The second-order valence-electron chi connectivity index (χ2n) is 5.80. The van der Waals surface area contributed by atoms with Gasteiger partial charge in [0.05, 0.1) is 5.69 Å². The molecule has 1 unspecified atom stereocenters. The molecule has 0 bridgehead atoms. The van der Waals surface area contributed by atoms with Crippen molar-refractivity contribution in [2.75, 3.05) is 11.6 Å². The van der Waals surface area contributed by atoms with Crippen LogP contribution >= 0.6 is 27.3 Å². The van der Waals surface area contributed by atoms with E-state index in [4.69, 9.17) is 0 Å². The second-order valence-corrected chi connectivity index (χ2v) is 9.36. The maximum absolute atomic E-state index is 12.5. The molecule has 0 radical (unpaired) electrons. The molecular weight excluding hydrogens is 432 g/mol. The van der Waals surface area contributed by atoms with E-state index in [0.717, 1.165) is 26.2 Å². The Morgan fingerprint density at radius 2 is 1.96 bits per heavy atom. The maximum atomic E-state index is 12.5. The predicted molar refractivity (Wildman–Crippen MR) is 112 cm³/mol. The number of aromatic nitrogens is 1. The van der Waals surface area contributed by atoms with E-state index in [2.05, 4.69) is 26.2 Å². The molecule has 0 saturated carbocycles. The number of hydrogen-bond acceptors (Lipinski definition) is 4. The average Bonchev–Trinajstić information content (AvgIpc) is 2.95. The summed E-state index contributed by atoms with van der Waals surface area (Å²) < 4.78 is 12.4. The smallest absolute Gasteiger partial charge is 0.257 e. The lowest BCUT2D eigenvalue weighted by atomic mass is 10.1. The first kappa shape index (κ1) is 18.9. The van der Waals surface area contributed by atoms with Gasteiger partial charge in [0, 0.05) is 43.3 Å². The first-order chi connectivity index (χ1) is 12.4. The summed E-state index contributed by atoms with van der Waals surface area (Å²) in [5.41, 5.74) is 3.29. The van der Waals surface area contributed by atoms with Gasteiger partial charge in [-0.25, -0.2) is 4.98 Å². The third-order valence-electron chi connectivity index (χ3n) is 3.69. The summed E-state index contributed by atoms with van der Waals surface area (Å²) in [6, 6.07) is 15.1. The van der Waals surface area contributed by atoms with Crippen LogP contribution in [0.15, 0.2) is 53.0 Å². The summed E-state index contributed by atoms with van der Waals surface area (Å²) in [6.07, 6.45) is 1.65. The van der Waals surface area contributed by atoms with E-state index in [0.29, 0.717) is 16.4 Å². The predicted octanol–water partition coefficient (Wildman–Crippen LogP) is 5.01. The Labute approximate surface area is 167 Å². The second kappa shape index (κ2) is 8.24. The molecule has 1 aromatic heterocycles. The Morgan fingerprint density at radius 3 is 2.65 bits per heavy atom. The van der Waals surface area contributed by atoms with Gasteiger partial charge in [-0.2, -0.15) is 0 Å². The third-order valence-corrected chi connectivity index (χ3v) is 5.85. The summed E-state index contributed by atoms with van der Waals surface area (Å²) in [7, 11) is -0.944. The molecule has 0 aliphatic carbocycles. The van der Waals surface area contributed by atoms with Crippen LogP contribution in [0, 0.1) is 6.92 Å². The highest BCUT2D eigenvalue weighted by atomic mass is 79.9. The lowest BCUT2D eigenvalue weighted by molar-refractivity contribution is 0.102. The van der Waals surface area contributed by atoms with Crippen molar-refractivity contribution in [3.63, 3.8) is 0 Å². The van der Waals surface area contributed by atoms with Crippen molar-refractivity contribution < 1.29 is 9.00 Å². The number of nitrogens with one attached hydrogen (secondary N) is 1. The molecule has 0 saturated heterocycles. The number of rotatable bonds is 5. The maximum Gasteiger partial charge on any atom is 0.257 e. The van der Waals surface area contributed by atoms with E-state index in [1.807, 2.05) is 37.3 Å². The van der Waals surface area contributed by atoms with Crippen LogP contribution in [-0.4, -0.2) is 21.4 Å². The standard InChI is InChI=1S/C19H17BrN2O2S2/c1-12-17(14-6-8-16(20)9-7-14)21-19(25-12)22-18(23)15-5-3-4-13(10-15)11-26(2)24/h3-10H,11H2,1-2H3,(H,21,22,23). The Hall–Kier alpha value is -1.83. The van der Waals surface area contributed by atoms with Crippen LogP contribution in [0.2, 0.25) is 0 Å². The Kier molecular flexibility index (Phi) is 6.01. The normalized spacial score (nSPS) is 12.0. The summed E-state index contributed by atoms with van der Waals surface area (Å²) in [5.74, 6) is 0.218. The van der Waals surface area contributed by atoms with E-state index in [9.17, 15) is 9.00 Å². The van der Waals surface area contributed by atoms with Crippen molar-refractivity contribution in [3.8, 4) is 11.3 Å². The Bertz CT molecular complexity index is 968. The lowest BCUT2D eigenvalue weighted by Crippen LogP contribution is -2.12. The summed E-state index contributed by atoms with van der Waals surface area (Å²) in [5, 5.41) is 3.43. The molecule has 0 spiro atoms. The van der Waals surface area contributed by atoms with Crippen LogP contribution in [0.3, 0.4) is 0 Å². The molecule has 2 aromatic carbocycles. The molecule has 26 heavy (non-hydrogen) atoms. The molecule has 3 rings (SSSR count). The molecule has 0 aliphatic heterocycles. The van der Waals surface area contributed by atoms with Gasteiger partial charge in [0.1, 0.15) is 0 Å². The molecule has 7 heteroatoms. The van der Waals surface area contributed by atoms with E-state index < -0.39 is 10.8 Å². The zero-order valence-corrected chi connectivity index (χ0v) is 17.5. The number of halogens is 1. The summed E-state index contributed by atoms with van der Waals surface area (Å²) in [6.45, 7) is 1.99. The molecule has 3 aromatic rings. The van der Waals surface area contributed by atoms with Gasteiger partial charge in [0.2, 0.25) is 0 Å². The monoisotopic (exact) mass is 448 g/mol. The molecule has 1 amide bonds. The third kappa shape index (κ3) is 4.66. The average molecular weight is 449 g/mol. The first-order valence-electron chi connectivity index (χ1n) is 7.86. The van der Waals surface area contributed by atoms with E-state index in [1.165, 1.54) is 11.3 Å². The van der Waals surface area contributed by atoms with E-state index >= 15 is 0 Å². The number of aryl methyl sites for hydroxylation is 1. The molecule has 1 atom stereocenters. The fourth-order valence-electron chi connectivity index (χ4n) is 2.53. The van der Waals surface area contributed by atoms with Crippen molar-refractivity contribution in [3.05, 3.63) is 69.0 Å². The minimum absolute atomic E-state index is 0.218. The molecular formula is C19H17BrN2O2S2. The fourth-order valence-corrected chi connectivity index (χ4v) is 4.28. The fraction of sp³-hybridized carbons (Fsp3) is 0.158. The number of anilines is 1. The number of carbonyl (C=O) groups is 1. The van der Waals surface area contributed by atoms with Gasteiger partial charge < -0.3 is 0 Å². The Balaban J connectivity index is 1.79. The molecule has 0 fully saturated rings. The van der Waals surface area contributed by atoms with E-state index in [-0.39, 0.29) is 5.91 Å². The van der Waals surface area contributed by atoms with Crippen LogP contribution in [0.4, 0.5) is 5.13 Å². The van der Waals surface area contributed by atoms with Crippen LogP contribution in [0.1, 0.15) is 20.8 Å². The van der Waals surface area contributed by atoms with Crippen molar-refractivity contribution in [1.29, 1.82) is 0 Å². The molecule has 4 nitrogen and oxygen atoms in total. The zero-order valence-electron chi connectivity index (χ0n) is 14.3. The van der Waals surface area contributed by atoms with Crippen molar-refractivity contribution in [2.45, 2.75) is 12.7 Å². The van der Waals surface area contributed by atoms with Crippen molar-refractivity contribution in [1.82, 2.24) is 4.98 Å². The topological polar surface area (TPSA) is 59.1 Å². The van der Waals surface area contributed by atoms with Crippen molar-refractivity contribution >= 4 is 49.1 Å². The molecule has 0 aliphatic rings. The summed E-state index contributed by atoms with van der Waals surface area (Å²) >= 11 is 4.87. The van der Waals surface area contributed by atoms with E-state index in [1.54, 1.807) is 24.5 Å². The van der Waals surface area contributed by atoms with Crippen LogP contribution < -0.4 is 5.32 Å². The minimum Gasteiger partial charge on any atom is -0.298 e. The minimum atomic E-state index is -0.944. The molecule has 1 heterocycles. The molecule has 1 N–H and O–H groups in total. The lowest BCUT2D eigenvalue weighted by Gasteiger charge is -2.04. The van der Waals surface area contributed by atoms with Crippen LogP contribution in [-0.2, 0) is 16.6 Å². The largest absolute Gasteiger partial charge is 0.298 e. The number of hydrogen-bond donors (Lipinski definition) is 1.